The van der Waals surface area contributed by atoms with Crippen molar-refractivity contribution in [2.45, 2.75) is 19.9 Å². The summed E-state index contributed by atoms with van der Waals surface area (Å²) in [5, 5.41) is 0. The summed E-state index contributed by atoms with van der Waals surface area (Å²) in [6.45, 7) is 3.90. The molecule has 2 aromatic rings. The van der Waals surface area contributed by atoms with Gasteiger partial charge in [-0.25, -0.2) is 0 Å². The fourth-order valence-electron chi connectivity index (χ4n) is 1.51. The van der Waals surface area contributed by atoms with Gasteiger partial charge in [-0.1, -0.05) is 12.1 Å². The summed E-state index contributed by atoms with van der Waals surface area (Å²) >= 11 is 0. The maximum Gasteiger partial charge on any atom is 0.145 e. The zero-order chi connectivity index (χ0) is 12.3. The molecule has 3 nitrogen and oxygen atoms in total. The first-order valence-corrected chi connectivity index (χ1v) is 5.61. The van der Waals surface area contributed by atoms with Crippen molar-refractivity contribution in [3.8, 4) is 11.5 Å². The van der Waals surface area contributed by atoms with Crippen molar-refractivity contribution in [3.63, 3.8) is 0 Å². The molecule has 0 spiro atoms. The van der Waals surface area contributed by atoms with Gasteiger partial charge in [0, 0.05) is 11.7 Å². The number of ether oxygens (including phenoxy) is 1. The molecule has 0 amide bonds. The van der Waals surface area contributed by atoms with Crippen LogP contribution in [0.4, 0.5) is 0 Å². The van der Waals surface area contributed by atoms with Crippen LogP contribution in [0, 0.1) is 6.92 Å². The lowest BCUT2D eigenvalue weighted by molar-refractivity contribution is 0.478. The summed E-state index contributed by atoms with van der Waals surface area (Å²) < 4.78 is 5.71. The van der Waals surface area contributed by atoms with Gasteiger partial charge >= 0.3 is 0 Å². The topological polar surface area (TPSA) is 48.1 Å². The lowest BCUT2D eigenvalue weighted by Crippen LogP contribution is -2.04. The molecule has 1 aromatic carbocycles. The second kappa shape index (κ2) is 6.38. The van der Waals surface area contributed by atoms with Crippen molar-refractivity contribution in [1.29, 1.82) is 0 Å². The van der Waals surface area contributed by atoms with Crippen LogP contribution in [-0.2, 0) is 0 Å². The molecule has 0 saturated carbocycles. The number of benzene rings is 1. The molecule has 0 saturated heterocycles. The third-order valence-electron chi connectivity index (χ3n) is 2.50. The maximum atomic E-state index is 5.83. The summed E-state index contributed by atoms with van der Waals surface area (Å²) in [5.74, 6) is 1.52. The first kappa shape index (κ1) is 14.5. The van der Waals surface area contributed by atoms with Gasteiger partial charge in [-0.2, -0.15) is 0 Å². The molecule has 18 heavy (non-hydrogen) atoms. The van der Waals surface area contributed by atoms with Crippen LogP contribution in [0.15, 0.2) is 42.6 Å². The van der Waals surface area contributed by atoms with Crippen molar-refractivity contribution in [3.05, 3.63) is 53.9 Å². The molecular weight excluding hydrogens is 248 g/mol. The number of halogens is 1. The molecule has 0 aliphatic carbocycles. The van der Waals surface area contributed by atoms with Gasteiger partial charge in [0.1, 0.15) is 11.5 Å². The number of hydrogen-bond acceptors (Lipinski definition) is 3. The minimum atomic E-state index is 0. The minimum Gasteiger partial charge on any atom is -0.456 e. The molecular formula is C14H17ClN2O. The Bertz CT molecular complexity index is 497. The van der Waals surface area contributed by atoms with Crippen LogP contribution in [-0.4, -0.2) is 4.98 Å². The second-order valence-corrected chi connectivity index (χ2v) is 4.10. The number of pyridine rings is 1. The highest BCUT2D eigenvalue weighted by atomic mass is 35.5. The van der Waals surface area contributed by atoms with E-state index in [0.717, 1.165) is 22.8 Å². The first-order valence-electron chi connectivity index (χ1n) is 5.61. The van der Waals surface area contributed by atoms with Gasteiger partial charge < -0.3 is 10.5 Å². The fraction of sp³-hybridized carbons (Fsp3) is 0.214. The predicted molar refractivity (Wildman–Crippen MR) is 75.3 cm³/mol. The number of aryl methyl sites for hydroxylation is 1. The van der Waals surface area contributed by atoms with E-state index in [1.807, 2.05) is 50.2 Å². The van der Waals surface area contributed by atoms with E-state index in [2.05, 4.69) is 4.98 Å². The number of hydrogen-bond donors (Lipinski definition) is 1. The molecule has 0 aliphatic rings. The van der Waals surface area contributed by atoms with Gasteiger partial charge in [0.15, 0.2) is 0 Å². The third-order valence-corrected chi connectivity index (χ3v) is 2.50. The zero-order valence-electron chi connectivity index (χ0n) is 10.5. The Kier molecular flexibility index (Phi) is 5.13. The highest BCUT2D eigenvalue weighted by Gasteiger charge is 2.02. The summed E-state index contributed by atoms with van der Waals surface area (Å²) in [6.07, 6.45) is 1.72. The summed E-state index contributed by atoms with van der Waals surface area (Å²) in [5.41, 5.74) is 7.86. The smallest absolute Gasteiger partial charge is 0.145 e. The Morgan fingerprint density at radius 3 is 2.56 bits per heavy atom. The van der Waals surface area contributed by atoms with Gasteiger partial charge in [-0.15, -0.1) is 12.4 Å². The van der Waals surface area contributed by atoms with Gasteiger partial charge in [0.2, 0.25) is 0 Å². The molecule has 0 fully saturated rings. The normalized spacial score (nSPS) is 11.5. The highest BCUT2D eigenvalue weighted by Crippen LogP contribution is 2.23. The molecule has 2 N–H and O–H groups in total. The van der Waals surface area contributed by atoms with Crippen LogP contribution >= 0.6 is 12.4 Å². The molecule has 2 rings (SSSR count). The van der Waals surface area contributed by atoms with Crippen molar-refractivity contribution >= 4 is 12.4 Å². The molecule has 1 atom stereocenters. The van der Waals surface area contributed by atoms with E-state index in [9.17, 15) is 0 Å². The van der Waals surface area contributed by atoms with E-state index < -0.39 is 0 Å². The average molecular weight is 265 g/mol. The lowest BCUT2D eigenvalue weighted by atomic mass is 10.1. The van der Waals surface area contributed by atoms with E-state index in [-0.39, 0.29) is 18.4 Å². The number of nitrogens with two attached hydrogens (primary N) is 1. The van der Waals surface area contributed by atoms with Crippen molar-refractivity contribution < 1.29 is 4.74 Å². The first-order chi connectivity index (χ1) is 8.15. The largest absolute Gasteiger partial charge is 0.456 e. The van der Waals surface area contributed by atoms with Crippen molar-refractivity contribution in [2.24, 2.45) is 5.73 Å². The predicted octanol–water partition coefficient (Wildman–Crippen LogP) is 3.62. The van der Waals surface area contributed by atoms with E-state index in [1.54, 1.807) is 6.20 Å². The lowest BCUT2D eigenvalue weighted by Gasteiger charge is -2.09. The standard InChI is InChI=1S/C14H16N2O.ClH/c1-10-6-7-14(9-16-10)17-13-5-3-4-12(8-13)11(2)15;/h3-9,11H,15H2,1-2H3;1H. The van der Waals surface area contributed by atoms with Crippen LogP contribution in [0.25, 0.3) is 0 Å². The van der Waals surface area contributed by atoms with Crippen molar-refractivity contribution in [1.82, 2.24) is 4.98 Å². The molecule has 1 heterocycles. The number of rotatable bonds is 3. The summed E-state index contributed by atoms with van der Waals surface area (Å²) in [7, 11) is 0. The van der Waals surface area contributed by atoms with Crippen LogP contribution < -0.4 is 10.5 Å². The second-order valence-electron chi connectivity index (χ2n) is 4.10. The molecule has 96 valence electrons. The van der Waals surface area contributed by atoms with Crippen LogP contribution in [0.1, 0.15) is 24.2 Å². The Balaban J connectivity index is 0.00000162. The van der Waals surface area contributed by atoms with E-state index in [1.165, 1.54) is 0 Å². The SMILES string of the molecule is Cc1ccc(Oc2cccc(C(C)N)c2)cn1.Cl. The van der Waals surface area contributed by atoms with Gasteiger partial charge in [0.25, 0.3) is 0 Å². The van der Waals surface area contributed by atoms with Crippen LogP contribution in [0.5, 0.6) is 11.5 Å². The van der Waals surface area contributed by atoms with E-state index in [0.29, 0.717) is 0 Å². The van der Waals surface area contributed by atoms with Gasteiger partial charge in [-0.05, 0) is 43.7 Å². The molecule has 4 heteroatoms. The van der Waals surface area contributed by atoms with Crippen LogP contribution in [0.2, 0.25) is 0 Å². The third kappa shape index (κ3) is 3.72. The molecule has 1 aromatic heterocycles. The summed E-state index contributed by atoms with van der Waals surface area (Å²) in [6, 6.07) is 11.6. The van der Waals surface area contributed by atoms with Gasteiger partial charge in [0.05, 0.1) is 6.20 Å². The Labute approximate surface area is 113 Å². The van der Waals surface area contributed by atoms with Gasteiger partial charge in [-0.3, -0.25) is 4.98 Å². The Morgan fingerprint density at radius 2 is 1.94 bits per heavy atom. The van der Waals surface area contributed by atoms with Crippen LogP contribution in [0.3, 0.4) is 0 Å². The highest BCUT2D eigenvalue weighted by molar-refractivity contribution is 5.85. The molecule has 1 unspecified atom stereocenters. The van der Waals surface area contributed by atoms with E-state index >= 15 is 0 Å². The monoisotopic (exact) mass is 264 g/mol. The fourth-order valence-corrected chi connectivity index (χ4v) is 1.51. The molecule has 0 aliphatic heterocycles. The zero-order valence-corrected chi connectivity index (χ0v) is 11.3. The number of nitrogens with zero attached hydrogens (tertiary/aromatic N) is 1. The summed E-state index contributed by atoms with van der Waals surface area (Å²) in [4.78, 5) is 4.18. The van der Waals surface area contributed by atoms with E-state index in [4.69, 9.17) is 10.5 Å². The average Bonchev–Trinajstić information content (AvgIpc) is 2.32. The minimum absolute atomic E-state index is 0. The maximum absolute atomic E-state index is 5.83. The Morgan fingerprint density at radius 1 is 1.17 bits per heavy atom. The number of aromatic nitrogens is 1. The van der Waals surface area contributed by atoms with Crippen molar-refractivity contribution in [2.75, 3.05) is 0 Å². The quantitative estimate of drug-likeness (QED) is 0.921. The Hall–Kier alpha value is -1.58. The molecule has 0 radical (unpaired) electrons. The molecule has 0 bridgehead atoms.